The van der Waals surface area contributed by atoms with Gasteiger partial charge >= 0.3 is 0 Å². The van der Waals surface area contributed by atoms with E-state index in [0.717, 1.165) is 11.3 Å². The van der Waals surface area contributed by atoms with E-state index in [9.17, 15) is 4.39 Å². The third-order valence-electron chi connectivity index (χ3n) is 2.84. The van der Waals surface area contributed by atoms with E-state index in [1.807, 2.05) is 30.1 Å². The highest BCUT2D eigenvalue weighted by atomic mass is 35.5. The Morgan fingerprint density at radius 1 is 1.26 bits per heavy atom. The maximum atomic E-state index is 13.4. The zero-order chi connectivity index (χ0) is 13.8. The van der Waals surface area contributed by atoms with Gasteiger partial charge in [-0.2, -0.15) is 5.26 Å². The maximum absolute atomic E-state index is 13.4. The van der Waals surface area contributed by atoms with E-state index in [0.29, 0.717) is 12.1 Å². The van der Waals surface area contributed by atoms with Crippen LogP contribution in [0.4, 0.5) is 10.1 Å². The maximum Gasteiger partial charge on any atom is 0.142 e. The highest BCUT2D eigenvalue weighted by Crippen LogP contribution is 2.22. The first kappa shape index (κ1) is 13.4. The molecule has 0 saturated carbocycles. The number of hydrogen-bond donors (Lipinski definition) is 0. The van der Waals surface area contributed by atoms with E-state index in [1.165, 1.54) is 12.1 Å². The number of para-hydroxylation sites is 1. The summed E-state index contributed by atoms with van der Waals surface area (Å²) in [4.78, 5) is 1.90. The SMILES string of the molecule is CN(Cc1ccc(Cl)c(F)c1)c1ccccc1C#N. The van der Waals surface area contributed by atoms with Crippen molar-refractivity contribution in [3.8, 4) is 6.07 Å². The fourth-order valence-electron chi connectivity index (χ4n) is 1.90. The predicted molar refractivity (Wildman–Crippen MR) is 74.7 cm³/mol. The number of anilines is 1. The lowest BCUT2D eigenvalue weighted by Gasteiger charge is -2.20. The average Bonchev–Trinajstić information content (AvgIpc) is 2.43. The normalized spacial score (nSPS) is 10.0. The molecule has 96 valence electrons. The topological polar surface area (TPSA) is 27.0 Å². The van der Waals surface area contributed by atoms with Crippen LogP contribution in [0.5, 0.6) is 0 Å². The Morgan fingerprint density at radius 3 is 2.68 bits per heavy atom. The molecular weight excluding hydrogens is 263 g/mol. The lowest BCUT2D eigenvalue weighted by molar-refractivity contribution is 0.625. The van der Waals surface area contributed by atoms with Gasteiger partial charge in [-0.25, -0.2) is 4.39 Å². The molecule has 0 saturated heterocycles. The average molecular weight is 275 g/mol. The Balaban J connectivity index is 2.23. The van der Waals surface area contributed by atoms with Crippen LogP contribution in [0.1, 0.15) is 11.1 Å². The second kappa shape index (κ2) is 5.73. The summed E-state index contributed by atoms with van der Waals surface area (Å²) in [5.41, 5.74) is 2.22. The van der Waals surface area contributed by atoms with Gasteiger partial charge in [-0.3, -0.25) is 0 Å². The van der Waals surface area contributed by atoms with Crippen molar-refractivity contribution in [1.82, 2.24) is 0 Å². The van der Waals surface area contributed by atoms with Crippen LogP contribution in [-0.2, 0) is 6.54 Å². The van der Waals surface area contributed by atoms with Gasteiger partial charge in [0.1, 0.15) is 11.9 Å². The molecule has 2 rings (SSSR count). The molecule has 0 unspecified atom stereocenters. The molecule has 0 N–H and O–H groups in total. The fourth-order valence-corrected chi connectivity index (χ4v) is 2.02. The van der Waals surface area contributed by atoms with Crippen LogP contribution >= 0.6 is 11.6 Å². The zero-order valence-corrected chi connectivity index (χ0v) is 11.2. The third kappa shape index (κ3) is 3.04. The van der Waals surface area contributed by atoms with Crippen LogP contribution in [0, 0.1) is 17.1 Å². The summed E-state index contributed by atoms with van der Waals surface area (Å²) in [6, 6.07) is 14.2. The van der Waals surface area contributed by atoms with Crippen molar-refractivity contribution >= 4 is 17.3 Å². The lowest BCUT2D eigenvalue weighted by Crippen LogP contribution is -2.17. The molecule has 0 fully saturated rings. The summed E-state index contributed by atoms with van der Waals surface area (Å²) in [5, 5.41) is 9.17. The van der Waals surface area contributed by atoms with E-state index < -0.39 is 5.82 Å². The van der Waals surface area contributed by atoms with Gasteiger partial charge in [0.2, 0.25) is 0 Å². The first-order valence-corrected chi connectivity index (χ1v) is 6.14. The van der Waals surface area contributed by atoms with Crippen LogP contribution in [0.15, 0.2) is 42.5 Å². The van der Waals surface area contributed by atoms with Crippen LogP contribution < -0.4 is 4.90 Å². The van der Waals surface area contributed by atoms with Crippen molar-refractivity contribution in [1.29, 1.82) is 5.26 Å². The molecule has 0 radical (unpaired) electrons. The Kier molecular flexibility index (Phi) is 4.03. The lowest BCUT2D eigenvalue weighted by atomic mass is 10.1. The third-order valence-corrected chi connectivity index (χ3v) is 3.15. The van der Waals surface area contributed by atoms with Crippen LogP contribution in [0.2, 0.25) is 5.02 Å². The molecule has 0 heterocycles. The molecule has 0 aliphatic heterocycles. The molecule has 0 aliphatic rings. The minimum absolute atomic E-state index is 0.115. The molecule has 0 amide bonds. The monoisotopic (exact) mass is 274 g/mol. The summed E-state index contributed by atoms with van der Waals surface area (Å²) >= 11 is 5.65. The number of nitrogens with zero attached hydrogens (tertiary/aromatic N) is 2. The summed E-state index contributed by atoms with van der Waals surface area (Å²) < 4.78 is 13.4. The van der Waals surface area contributed by atoms with Crippen molar-refractivity contribution < 1.29 is 4.39 Å². The second-order valence-corrected chi connectivity index (χ2v) is 4.64. The molecule has 0 atom stereocenters. The van der Waals surface area contributed by atoms with Gasteiger partial charge in [0, 0.05) is 13.6 Å². The van der Waals surface area contributed by atoms with E-state index in [2.05, 4.69) is 6.07 Å². The van der Waals surface area contributed by atoms with E-state index in [4.69, 9.17) is 16.9 Å². The van der Waals surface area contributed by atoms with Gasteiger partial charge < -0.3 is 4.90 Å². The zero-order valence-electron chi connectivity index (χ0n) is 10.4. The number of halogens is 2. The molecule has 2 aromatic carbocycles. The molecule has 19 heavy (non-hydrogen) atoms. The highest BCUT2D eigenvalue weighted by Gasteiger charge is 2.08. The molecule has 0 aliphatic carbocycles. The minimum Gasteiger partial charge on any atom is -0.369 e. The smallest absolute Gasteiger partial charge is 0.142 e. The van der Waals surface area contributed by atoms with Crippen molar-refractivity contribution in [2.24, 2.45) is 0 Å². The van der Waals surface area contributed by atoms with Crippen LogP contribution in [0.3, 0.4) is 0 Å². The number of benzene rings is 2. The highest BCUT2D eigenvalue weighted by molar-refractivity contribution is 6.30. The summed E-state index contributed by atoms with van der Waals surface area (Å²) in [6.45, 7) is 0.507. The van der Waals surface area contributed by atoms with Crippen molar-refractivity contribution in [3.63, 3.8) is 0 Å². The molecule has 0 bridgehead atoms. The fraction of sp³-hybridized carbons (Fsp3) is 0.133. The molecule has 2 nitrogen and oxygen atoms in total. The summed E-state index contributed by atoms with van der Waals surface area (Å²) in [5.74, 6) is -0.430. The largest absolute Gasteiger partial charge is 0.369 e. The van der Waals surface area contributed by atoms with E-state index in [-0.39, 0.29) is 5.02 Å². The van der Waals surface area contributed by atoms with Crippen LogP contribution in [-0.4, -0.2) is 7.05 Å². The Hall–Kier alpha value is -2.05. The van der Waals surface area contributed by atoms with Crippen molar-refractivity contribution in [3.05, 3.63) is 64.4 Å². The van der Waals surface area contributed by atoms with Gasteiger partial charge in [0.05, 0.1) is 16.3 Å². The number of nitriles is 1. The quantitative estimate of drug-likeness (QED) is 0.846. The van der Waals surface area contributed by atoms with Gasteiger partial charge in [0.15, 0.2) is 0 Å². The Labute approximate surface area is 116 Å². The molecule has 0 aromatic heterocycles. The Morgan fingerprint density at radius 2 is 2.00 bits per heavy atom. The minimum atomic E-state index is -0.430. The summed E-state index contributed by atoms with van der Waals surface area (Å²) in [7, 11) is 1.86. The van der Waals surface area contributed by atoms with Crippen molar-refractivity contribution in [2.75, 3.05) is 11.9 Å². The van der Waals surface area contributed by atoms with E-state index >= 15 is 0 Å². The Bertz CT molecular complexity index is 634. The van der Waals surface area contributed by atoms with Gasteiger partial charge in [0.25, 0.3) is 0 Å². The molecule has 2 aromatic rings. The number of rotatable bonds is 3. The first-order valence-electron chi connectivity index (χ1n) is 5.76. The standard InChI is InChI=1S/C15H12ClFN2/c1-19(15-5-3-2-4-12(15)9-18)10-11-6-7-13(16)14(17)8-11/h2-8H,10H2,1H3. The van der Waals surface area contributed by atoms with Crippen LogP contribution in [0.25, 0.3) is 0 Å². The summed E-state index contributed by atoms with van der Waals surface area (Å²) in [6.07, 6.45) is 0. The second-order valence-electron chi connectivity index (χ2n) is 4.23. The van der Waals surface area contributed by atoms with Gasteiger partial charge in [-0.05, 0) is 29.8 Å². The van der Waals surface area contributed by atoms with E-state index in [1.54, 1.807) is 12.1 Å². The van der Waals surface area contributed by atoms with Gasteiger partial charge in [-0.15, -0.1) is 0 Å². The first-order chi connectivity index (χ1) is 9.11. The molecular formula is C15H12ClFN2. The molecule has 0 spiro atoms. The number of hydrogen-bond acceptors (Lipinski definition) is 2. The van der Waals surface area contributed by atoms with Crippen molar-refractivity contribution in [2.45, 2.75) is 6.54 Å². The molecule has 4 heteroatoms. The van der Waals surface area contributed by atoms with Gasteiger partial charge in [-0.1, -0.05) is 29.8 Å². The predicted octanol–water partition coefficient (Wildman–Crippen LogP) is 3.99.